The molecule has 1 N–H and O–H groups in total. The lowest BCUT2D eigenvalue weighted by molar-refractivity contribution is -0.0496. The number of unbranched alkanes of at least 4 members (excludes halogenated alkanes) is 2. The van der Waals surface area contributed by atoms with Crippen LogP contribution in [0.1, 0.15) is 88.1 Å². The standard InChI is InChI=1S/C21H32FNO4S/c1-5-6-7-9-15(2)17-10-8-11-18(19(17)22)20(24)23-28(25,26)16-12-13-27-21(3,4)14-16/h8,10-11,15-16H,5-7,9,12-14H2,1-4H3,(H,23,24). The summed E-state index contributed by atoms with van der Waals surface area (Å²) in [5.74, 6) is -1.58. The molecule has 7 heteroatoms. The molecule has 158 valence electrons. The topological polar surface area (TPSA) is 72.5 Å². The van der Waals surface area contributed by atoms with Crippen molar-refractivity contribution in [2.45, 2.75) is 83.0 Å². The summed E-state index contributed by atoms with van der Waals surface area (Å²) >= 11 is 0. The van der Waals surface area contributed by atoms with Crippen molar-refractivity contribution < 1.29 is 22.3 Å². The van der Waals surface area contributed by atoms with E-state index in [2.05, 4.69) is 11.6 Å². The summed E-state index contributed by atoms with van der Waals surface area (Å²) in [5.41, 5.74) is -0.345. The van der Waals surface area contributed by atoms with E-state index in [1.807, 2.05) is 20.8 Å². The number of hydrogen-bond acceptors (Lipinski definition) is 4. The second kappa shape index (κ2) is 9.35. The van der Waals surface area contributed by atoms with Gasteiger partial charge in [0.1, 0.15) is 5.82 Å². The van der Waals surface area contributed by atoms with Crippen LogP contribution in [-0.2, 0) is 14.8 Å². The van der Waals surface area contributed by atoms with Gasteiger partial charge in [-0.05, 0) is 50.7 Å². The zero-order valence-electron chi connectivity index (χ0n) is 17.3. The summed E-state index contributed by atoms with van der Waals surface area (Å²) in [5, 5.41) is -0.737. The molecule has 2 unspecified atom stereocenters. The van der Waals surface area contributed by atoms with E-state index in [9.17, 15) is 17.6 Å². The van der Waals surface area contributed by atoms with Gasteiger partial charge in [-0.25, -0.2) is 17.5 Å². The molecular formula is C21H32FNO4S. The van der Waals surface area contributed by atoms with E-state index in [1.165, 1.54) is 6.07 Å². The molecule has 28 heavy (non-hydrogen) atoms. The van der Waals surface area contributed by atoms with E-state index < -0.39 is 32.6 Å². The van der Waals surface area contributed by atoms with E-state index >= 15 is 0 Å². The molecule has 0 aromatic heterocycles. The maximum absolute atomic E-state index is 14.9. The van der Waals surface area contributed by atoms with Gasteiger partial charge in [-0.1, -0.05) is 45.2 Å². The van der Waals surface area contributed by atoms with Crippen molar-refractivity contribution in [3.63, 3.8) is 0 Å². The molecule has 1 saturated heterocycles. The van der Waals surface area contributed by atoms with Crippen molar-refractivity contribution in [2.24, 2.45) is 0 Å². The number of sulfonamides is 1. The van der Waals surface area contributed by atoms with Gasteiger partial charge in [-0.15, -0.1) is 0 Å². The zero-order chi connectivity index (χ0) is 20.9. The molecule has 1 aliphatic rings. The Morgan fingerprint density at radius 1 is 1.36 bits per heavy atom. The average molecular weight is 414 g/mol. The SMILES string of the molecule is CCCCCC(C)c1cccc(C(=O)NS(=O)(=O)C2CCOC(C)(C)C2)c1F. The van der Waals surface area contributed by atoms with Gasteiger partial charge in [-0.2, -0.15) is 0 Å². The maximum atomic E-state index is 14.9. The number of carbonyl (C=O) groups is 1. The van der Waals surface area contributed by atoms with Crippen molar-refractivity contribution in [3.05, 3.63) is 35.1 Å². The first-order valence-electron chi connectivity index (χ1n) is 10.1. The molecular weight excluding hydrogens is 381 g/mol. The summed E-state index contributed by atoms with van der Waals surface area (Å²) in [6.07, 6.45) is 4.56. The third kappa shape index (κ3) is 5.77. The largest absolute Gasteiger partial charge is 0.375 e. The van der Waals surface area contributed by atoms with Crippen LogP contribution >= 0.6 is 0 Å². The van der Waals surface area contributed by atoms with Crippen LogP contribution in [0.3, 0.4) is 0 Å². The Bertz CT molecular complexity index is 792. The lowest BCUT2D eigenvalue weighted by Gasteiger charge is -2.34. The van der Waals surface area contributed by atoms with Crippen molar-refractivity contribution in [3.8, 4) is 0 Å². The molecule has 0 bridgehead atoms. The third-order valence-electron chi connectivity index (χ3n) is 5.37. The van der Waals surface area contributed by atoms with Crippen LogP contribution in [0.4, 0.5) is 4.39 Å². The summed E-state index contributed by atoms with van der Waals surface area (Å²) in [7, 11) is -3.92. The lowest BCUT2D eigenvalue weighted by Crippen LogP contribution is -2.46. The van der Waals surface area contributed by atoms with Gasteiger partial charge in [0.05, 0.1) is 16.4 Å². The molecule has 1 amide bonds. The Labute approximate surface area is 168 Å². The second-order valence-corrected chi connectivity index (χ2v) is 10.3. The van der Waals surface area contributed by atoms with Gasteiger partial charge in [0.25, 0.3) is 5.91 Å². The molecule has 1 fully saturated rings. The highest BCUT2D eigenvalue weighted by atomic mass is 32.2. The van der Waals surface area contributed by atoms with Crippen LogP contribution in [0.2, 0.25) is 0 Å². The Morgan fingerprint density at radius 3 is 2.71 bits per heavy atom. The highest BCUT2D eigenvalue weighted by Gasteiger charge is 2.37. The van der Waals surface area contributed by atoms with Gasteiger partial charge in [0.15, 0.2) is 0 Å². The fourth-order valence-electron chi connectivity index (χ4n) is 3.67. The van der Waals surface area contributed by atoms with E-state index in [4.69, 9.17) is 4.74 Å². The van der Waals surface area contributed by atoms with Crippen molar-refractivity contribution in [2.75, 3.05) is 6.61 Å². The fraction of sp³-hybridized carbons (Fsp3) is 0.667. The van der Waals surface area contributed by atoms with Crippen LogP contribution in [0.25, 0.3) is 0 Å². The number of hydrogen-bond donors (Lipinski definition) is 1. The maximum Gasteiger partial charge on any atom is 0.267 e. The Morgan fingerprint density at radius 2 is 2.07 bits per heavy atom. The molecule has 0 radical (unpaired) electrons. The first-order valence-corrected chi connectivity index (χ1v) is 11.6. The zero-order valence-corrected chi connectivity index (χ0v) is 18.1. The highest BCUT2D eigenvalue weighted by molar-refractivity contribution is 7.90. The molecule has 1 aliphatic heterocycles. The molecule has 1 aromatic rings. The van der Waals surface area contributed by atoms with Crippen LogP contribution in [0, 0.1) is 5.82 Å². The van der Waals surface area contributed by atoms with Gasteiger partial charge < -0.3 is 4.74 Å². The van der Waals surface area contributed by atoms with E-state index in [-0.39, 0.29) is 17.9 Å². The normalized spacial score (nSPS) is 20.5. The van der Waals surface area contributed by atoms with Crippen LogP contribution in [0.5, 0.6) is 0 Å². The molecule has 2 rings (SSSR count). The molecule has 1 heterocycles. The van der Waals surface area contributed by atoms with Gasteiger partial charge in [0, 0.05) is 6.61 Å². The Kier molecular flexibility index (Phi) is 7.62. The van der Waals surface area contributed by atoms with Gasteiger partial charge in [0.2, 0.25) is 10.0 Å². The third-order valence-corrected chi connectivity index (χ3v) is 7.12. The minimum atomic E-state index is -3.92. The smallest absolute Gasteiger partial charge is 0.267 e. The molecule has 1 aromatic carbocycles. The predicted octanol–water partition coefficient (Wildman–Crippen LogP) is 4.53. The van der Waals surface area contributed by atoms with Crippen LogP contribution < -0.4 is 4.72 Å². The summed E-state index contributed by atoms with van der Waals surface area (Å²) < 4.78 is 47.9. The van der Waals surface area contributed by atoms with Crippen molar-refractivity contribution in [1.82, 2.24) is 4.72 Å². The molecule has 0 saturated carbocycles. The van der Waals surface area contributed by atoms with Crippen molar-refractivity contribution >= 4 is 15.9 Å². The number of nitrogens with one attached hydrogen (secondary N) is 1. The summed E-state index contributed by atoms with van der Waals surface area (Å²) in [6, 6.07) is 4.60. The Hall–Kier alpha value is -1.47. The molecule has 2 atom stereocenters. The minimum Gasteiger partial charge on any atom is -0.375 e. The lowest BCUT2D eigenvalue weighted by atomic mass is 9.93. The number of ether oxygens (including phenoxy) is 1. The average Bonchev–Trinajstić information content (AvgIpc) is 2.60. The number of amides is 1. The summed E-state index contributed by atoms with van der Waals surface area (Å²) in [4.78, 5) is 12.6. The van der Waals surface area contributed by atoms with Gasteiger partial charge in [-0.3, -0.25) is 4.79 Å². The van der Waals surface area contributed by atoms with Crippen LogP contribution in [-0.4, -0.2) is 31.8 Å². The minimum absolute atomic E-state index is 0.0350. The van der Waals surface area contributed by atoms with E-state index in [0.717, 1.165) is 25.7 Å². The Balaban J connectivity index is 2.14. The highest BCUT2D eigenvalue weighted by Crippen LogP contribution is 2.29. The van der Waals surface area contributed by atoms with E-state index in [1.54, 1.807) is 12.1 Å². The number of benzene rings is 1. The van der Waals surface area contributed by atoms with Crippen LogP contribution in [0.15, 0.2) is 18.2 Å². The quantitative estimate of drug-likeness (QED) is 0.636. The van der Waals surface area contributed by atoms with Gasteiger partial charge >= 0.3 is 0 Å². The number of halogens is 1. The first-order chi connectivity index (χ1) is 13.1. The van der Waals surface area contributed by atoms with Crippen molar-refractivity contribution in [1.29, 1.82) is 0 Å². The molecule has 0 aliphatic carbocycles. The fourth-order valence-corrected chi connectivity index (χ4v) is 5.23. The van der Waals surface area contributed by atoms with E-state index in [0.29, 0.717) is 18.6 Å². The molecule has 0 spiro atoms. The molecule has 5 nitrogen and oxygen atoms in total. The predicted molar refractivity (Wildman–Crippen MR) is 108 cm³/mol. The first kappa shape index (κ1) is 22.8. The number of carbonyl (C=O) groups excluding carboxylic acids is 1. The number of rotatable bonds is 8. The summed E-state index contributed by atoms with van der Waals surface area (Å²) in [6.45, 7) is 7.98. The second-order valence-electron chi connectivity index (χ2n) is 8.30. The monoisotopic (exact) mass is 413 g/mol.